The number of nitrogens with two attached hydrogens (primary N) is 1. The molecule has 0 saturated carbocycles. The Labute approximate surface area is 127 Å². The van der Waals surface area contributed by atoms with Gasteiger partial charge in [-0.25, -0.2) is 0 Å². The highest BCUT2D eigenvalue weighted by Crippen LogP contribution is 2.10. The fourth-order valence-corrected chi connectivity index (χ4v) is 1.84. The Kier molecular flexibility index (Phi) is 10.1. The lowest BCUT2D eigenvalue weighted by Crippen LogP contribution is -2.40. The van der Waals surface area contributed by atoms with Crippen LogP contribution in [0.4, 0.5) is 0 Å². The Morgan fingerprint density at radius 3 is 2.55 bits per heavy atom. The van der Waals surface area contributed by atoms with Gasteiger partial charge in [0.15, 0.2) is 0 Å². The molecule has 0 heterocycles. The van der Waals surface area contributed by atoms with E-state index in [1.54, 1.807) is 0 Å². The maximum Gasteiger partial charge on any atom is 0.237 e. The van der Waals surface area contributed by atoms with E-state index in [0.717, 1.165) is 17.5 Å². The average molecular weight is 301 g/mol. The fraction of sp³-hybridized carbons (Fsp3) is 0.533. The molecular formula is C15H25ClN2O2. The van der Waals surface area contributed by atoms with E-state index in [9.17, 15) is 4.79 Å². The van der Waals surface area contributed by atoms with Crippen LogP contribution in [0.1, 0.15) is 37.8 Å². The van der Waals surface area contributed by atoms with E-state index in [1.165, 1.54) is 0 Å². The summed E-state index contributed by atoms with van der Waals surface area (Å²) >= 11 is 0. The predicted octanol–water partition coefficient (Wildman–Crippen LogP) is 2.39. The summed E-state index contributed by atoms with van der Waals surface area (Å²) in [5.41, 5.74) is 7.96. The molecule has 0 radical (unpaired) electrons. The maximum atomic E-state index is 11.8. The molecule has 4 nitrogen and oxygen atoms in total. The minimum Gasteiger partial charge on any atom is -0.377 e. The topological polar surface area (TPSA) is 64.4 Å². The number of hydrogen-bond acceptors (Lipinski definition) is 3. The summed E-state index contributed by atoms with van der Waals surface area (Å²) in [7, 11) is 0. The minimum atomic E-state index is -0.413. The highest BCUT2D eigenvalue weighted by molar-refractivity contribution is 5.85. The van der Waals surface area contributed by atoms with Gasteiger partial charge in [0.05, 0.1) is 12.6 Å². The number of halogens is 1. The molecule has 20 heavy (non-hydrogen) atoms. The van der Waals surface area contributed by atoms with E-state index >= 15 is 0 Å². The van der Waals surface area contributed by atoms with Gasteiger partial charge in [0.2, 0.25) is 5.91 Å². The number of carbonyl (C=O) groups excluding carboxylic acids is 1. The standard InChI is InChI=1S/C15H24N2O2.ClH/c1-3-7-14(16)15(18)17-10-12-8-5-6-9-13(12)11-19-4-2;/h5-6,8-9,14H,3-4,7,10-11,16H2,1-2H3,(H,17,18);1H. The second-order valence-electron chi connectivity index (χ2n) is 4.52. The summed E-state index contributed by atoms with van der Waals surface area (Å²) in [5, 5.41) is 2.88. The van der Waals surface area contributed by atoms with Crippen LogP contribution in [-0.4, -0.2) is 18.6 Å². The summed E-state index contributed by atoms with van der Waals surface area (Å²) in [5.74, 6) is -0.0898. The van der Waals surface area contributed by atoms with Gasteiger partial charge in [-0.05, 0) is 24.5 Å². The smallest absolute Gasteiger partial charge is 0.237 e. The quantitative estimate of drug-likeness (QED) is 0.775. The highest BCUT2D eigenvalue weighted by atomic mass is 35.5. The average Bonchev–Trinajstić information content (AvgIpc) is 2.43. The van der Waals surface area contributed by atoms with Crippen LogP contribution in [0.15, 0.2) is 24.3 Å². The Morgan fingerprint density at radius 2 is 1.95 bits per heavy atom. The van der Waals surface area contributed by atoms with E-state index in [4.69, 9.17) is 10.5 Å². The van der Waals surface area contributed by atoms with E-state index in [-0.39, 0.29) is 18.3 Å². The van der Waals surface area contributed by atoms with Crippen molar-refractivity contribution in [3.63, 3.8) is 0 Å². The molecule has 0 fully saturated rings. The van der Waals surface area contributed by atoms with Crippen LogP contribution in [0.25, 0.3) is 0 Å². The lowest BCUT2D eigenvalue weighted by atomic mass is 10.1. The summed E-state index contributed by atoms with van der Waals surface area (Å²) in [6.45, 7) is 5.74. The molecular weight excluding hydrogens is 276 g/mol. The first-order valence-electron chi connectivity index (χ1n) is 6.86. The maximum absolute atomic E-state index is 11.8. The van der Waals surface area contributed by atoms with Crippen molar-refractivity contribution in [3.05, 3.63) is 35.4 Å². The second kappa shape index (κ2) is 10.7. The van der Waals surface area contributed by atoms with Gasteiger partial charge >= 0.3 is 0 Å². The third-order valence-electron chi connectivity index (χ3n) is 2.97. The van der Waals surface area contributed by atoms with Gasteiger partial charge < -0.3 is 15.8 Å². The third kappa shape index (κ3) is 6.37. The van der Waals surface area contributed by atoms with Crippen molar-refractivity contribution in [2.75, 3.05) is 6.61 Å². The summed E-state index contributed by atoms with van der Waals surface area (Å²) in [6.07, 6.45) is 1.63. The van der Waals surface area contributed by atoms with Crippen molar-refractivity contribution in [3.8, 4) is 0 Å². The van der Waals surface area contributed by atoms with Gasteiger partial charge in [-0.15, -0.1) is 12.4 Å². The molecule has 0 aliphatic carbocycles. The molecule has 0 aliphatic heterocycles. The van der Waals surface area contributed by atoms with Crippen molar-refractivity contribution in [2.24, 2.45) is 5.73 Å². The zero-order valence-corrected chi connectivity index (χ0v) is 13.0. The van der Waals surface area contributed by atoms with Gasteiger partial charge in [-0.3, -0.25) is 4.79 Å². The van der Waals surface area contributed by atoms with Crippen LogP contribution in [-0.2, 0) is 22.7 Å². The molecule has 1 rings (SSSR count). The molecule has 0 spiro atoms. The molecule has 1 unspecified atom stereocenters. The normalized spacial score (nSPS) is 11.6. The Bertz CT molecular complexity index is 399. The fourth-order valence-electron chi connectivity index (χ4n) is 1.84. The predicted molar refractivity (Wildman–Crippen MR) is 83.8 cm³/mol. The third-order valence-corrected chi connectivity index (χ3v) is 2.97. The zero-order chi connectivity index (χ0) is 14.1. The molecule has 1 amide bonds. The summed E-state index contributed by atoms with van der Waals surface area (Å²) < 4.78 is 5.42. The van der Waals surface area contributed by atoms with Gasteiger partial charge in [-0.2, -0.15) is 0 Å². The van der Waals surface area contributed by atoms with E-state index < -0.39 is 6.04 Å². The number of amides is 1. The lowest BCUT2D eigenvalue weighted by Gasteiger charge is -2.13. The van der Waals surface area contributed by atoms with Crippen molar-refractivity contribution in [1.29, 1.82) is 0 Å². The van der Waals surface area contributed by atoms with Gasteiger partial charge in [0.25, 0.3) is 0 Å². The van der Waals surface area contributed by atoms with E-state index in [1.807, 2.05) is 38.1 Å². The lowest BCUT2D eigenvalue weighted by molar-refractivity contribution is -0.122. The van der Waals surface area contributed by atoms with Crippen molar-refractivity contribution >= 4 is 18.3 Å². The number of nitrogens with one attached hydrogen (secondary N) is 1. The Morgan fingerprint density at radius 1 is 1.30 bits per heavy atom. The van der Waals surface area contributed by atoms with Crippen molar-refractivity contribution < 1.29 is 9.53 Å². The molecule has 1 aromatic carbocycles. The van der Waals surface area contributed by atoms with Crippen molar-refractivity contribution in [2.45, 2.75) is 45.9 Å². The van der Waals surface area contributed by atoms with Crippen molar-refractivity contribution in [1.82, 2.24) is 5.32 Å². The van der Waals surface area contributed by atoms with E-state index in [2.05, 4.69) is 5.32 Å². The largest absolute Gasteiger partial charge is 0.377 e. The molecule has 0 saturated heterocycles. The monoisotopic (exact) mass is 300 g/mol. The molecule has 0 bridgehead atoms. The molecule has 1 atom stereocenters. The summed E-state index contributed by atoms with van der Waals surface area (Å²) in [6, 6.07) is 7.54. The van der Waals surface area contributed by atoms with Crippen LogP contribution in [0.5, 0.6) is 0 Å². The van der Waals surface area contributed by atoms with Gasteiger partial charge in [0, 0.05) is 13.2 Å². The first kappa shape index (κ1) is 18.9. The SMILES string of the molecule is CCCC(N)C(=O)NCc1ccccc1COCC.Cl. The minimum absolute atomic E-state index is 0. The number of rotatable bonds is 8. The first-order valence-corrected chi connectivity index (χ1v) is 6.86. The van der Waals surface area contributed by atoms with Gasteiger partial charge in [0.1, 0.15) is 0 Å². The van der Waals surface area contributed by atoms with Crippen LogP contribution >= 0.6 is 12.4 Å². The molecule has 114 valence electrons. The van der Waals surface area contributed by atoms with Crippen LogP contribution < -0.4 is 11.1 Å². The summed E-state index contributed by atoms with van der Waals surface area (Å²) in [4.78, 5) is 11.8. The second-order valence-corrected chi connectivity index (χ2v) is 4.52. The Hall–Kier alpha value is -1.10. The molecule has 0 aliphatic rings. The number of ether oxygens (including phenoxy) is 1. The Balaban J connectivity index is 0.00000361. The van der Waals surface area contributed by atoms with Crippen LogP contribution in [0, 0.1) is 0 Å². The van der Waals surface area contributed by atoms with Crippen LogP contribution in [0.2, 0.25) is 0 Å². The number of carbonyl (C=O) groups is 1. The zero-order valence-electron chi connectivity index (χ0n) is 12.2. The first-order chi connectivity index (χ1) is 9.19. The van der Waals surface area contributed by atoms with E-state index in [0.29, 0.717) is 26.2 Å². The van der Waals surface area contributed by atoms with Crippen LogP contribution in [0.3, 0.4) is 0 Å². The number of benzene rings is 1. The highest BCUT2D eigenvalue weighted by Gasteiger charge is 2.12. The molecule has 0 aromatic heterocycles. The van der Waals surface area contributed by atoms with Gasteiger partial charge in [-0.1, -0.05) is 37.6 Å². The molecule has 3 N–H and O–H groups in total. The molecule has 5 heteroatoms. The molecule has 1 aromatic rings. The number of hydrogen-bond donors (Lipinski definition) is 2.